The average Bonchev–Trinajstić information content (AvgIpc) is 2.19. The third kappa shape index (κ3) is 1.71. The number of Topliss-reactive ketones (excluding diaryl/α,β-unsaturated/α-hetero) is 1. The Balaban J connectivity index is 3.40. The van der Waals surface area contributed by atoms with Crippen LogP contribution in [0.4, 0.5) is 4.39 Å². The molecule has 6 heteroatoms. The van der Waals surface area contributed by atoms with Crippen molar-refractivity contribution >= 4 is 21.7 Å². The summed E-state index contributed by atoms with van der Waals surface area (Å²) in [6.45, 7) is -0.328. The molecule has 0 saturated heterocycles. The van der Waals surface area contributed by atoms with Gasteiger partial charge in [-0.15, -0.1) is 0 Å². The minimum absolute atomic E-state index is 0.107. The molecule has 0 aliphatic rings. The van der Waals surface area contributed by atoms with E-state index in [9.17, 15) is 14.3 Å². The minimum Gasteiger partial charge on any atom is -0.504 e. The van der Waals surface area contributed by atoms with Gasteiger partial charge in [0.05, 0.1) is 16.6 Å². The standard InChI is InChI=1S/C8H7BrFNO3/c9-4-1-3(5(12)2-11)7(13)8(14)6(4)10/h1,13-14H,2,11H2. The number of hydrogen-bond donors (Lipinski definition) is 3. The third-order valence-corrected chi connectivity index (χ3v) is 2.23. The number of rotatable bonds is 2. The molecule has 4 N–H and O–H groups in total. The molecular formula is C8H7BrFNO3. The van der Waals surface area contributed by atoms with Crippen LogP contribution in [0.3, 0.4) is 0 Å². The molecule has 0 aliphatic heterocycles. The molecule has 0 unspecified atom stereocenters. The smallest absolute Gasteiger partial charge is 0.196 e. The number of aromatic hydroxyl groups is 2. The number of hydrogen-bond acceptors (Lipinski definition) is 4. The summed E-state index contributed by atoms with van der Waals surface area (Å²) in [5.74, 6) is -3.35. The zero-order valence-electron chi connectivity index (χ0n) is 6.92. The lowest BCUT2D eigenvalue weighted by molar-refractivity contribution is 0.0998. The first-order chi connectivity index (χ1) is 6.49. The maximum absolute atomic E-state index is 12.9. The second-order valence-electron chi connectivity index (χ2n) is 2.54. The Hall–Kier alpha value is -1.14. The van der Waals surface area contributed by atoms with Crippen molar-refractivity contribution in [3.05, 3.63) is 21.9 Å². The number of carbonyl (C=O) groups is 1. The van der Waals surface area contributed by atoms with Crippen LogP contribution in [-0.4, -0.2) is 22.5 Å². The van der Waals surface area contributed by atoms with E-state index in [0.29, 0.717) is 0 Å². The van der Waals surface area contributed by atoms with Crippen molar-refractivity contribution in [3.8, 4) is 11.5 Å². The van der Waals surface area contributed by atoms with Gasteiger partial charge in [0.25, 0.3) is 0 Å². The fourth-order valence-corrected chi connectivity index (χ4v) is 1.34. The van der Waals surface area contributed by atoms with Crippen molar-refractivity contribution in [1.82, 2.24) is 0 Å². The predicted molar refractivity (Wildman–Crippen MR) is 50.8 cm³/mol. The highest BCUT2D eigenvalue weighted by Crippen LogP contribution is 2.36. The summed E-state index contributed by atoms with van der Waals surface area (Å²) in [5.41, 5.74) is 4.85. The number of carbonyl (C=O) groups excluding carboxylic acids is 1. The summed E-state index contributed by atoms with van der Waals surface area (Å²) in [5, 5.41) is 18.3. The molecule has 0 aromatic heterocycles. The van der Waals surface area contributed by atoms with Gasteiger partial charge in [-0.05, 0) is 22.0 Å². The van der Waals surface area contributed by atoms with Gasteiger partial charge in [-0.1, -0.05) is 0 Å². The SMILES string of the molecule is NCC(=O)c1cc(Br)c(F)c(O)c1O. The number of nitrogens with two attached hydrogens (primary N) is 1. The lowest BCUT2D eigenvalue weighted by atomic mass is 10.1. The van der Waals surface area contributed by atoms with E-state index in [1.54, 1.807) is 0 Å². The van der Waals surface area contributed by atoms with E-state index in [1.165, 1.54) is 0 Å². The highest BCUT2D eigenvalue weighted by atomic mass is 79.9. The van der Waals surface area contributed by atoms with E-state index in [4.69, 9.17) is 10.8 Å². The van der Waals surface area contributed by atoms with Crippen LogP contribution in [0.5, 0.6) is 11.5 Å². The molecule has 76 valence electrons. The lowest BCUT2D eigenvalue weighted by Crippen LogP contribution is -2.14. The third-order valence-electron chi connectivity index (χ3n) is 1.65. The van der Waals surface area contributed by atoms with Gasteiger partial charge in [-0.2, -0.15) is 0 Å². The van der Waals surface area contributed by atoms with Crippen molar-refractivity contribution in [3.63, 3.8) is 0 Å². The van der Waals surface area contributed by atoms with Crippen molar-refractivity contribution in [2.75, 3.05) is 6.54 Å². The van der Waals surface area contributed by atoms with Crippen LogP contribution < -0.4 is 5.73 Å². The molecule has 1 aromatic rings. The summed E-state index contributed by atoms with van der Waals surface area (Å²) < 4.78 is 12.8. The molecule has 1 aromatic carbocycles. The zero-order valence-corrected chi connectivity index (χ0v) is 8.51. The van der Waals surface area contributed by atoms with Gasteiger partial charge in [-0.3, -0.25) is 4.79 Å². The van der Waals surface area contributed by atoms with Gasteiger partial charge in [-0.25, -0.2) is 4.39 Å². The van der Waals surface area contributed by atoms with Crippen LogP contribution in [-0.2, 0) is 0 Å². The summed E-state index contributed by atoms with van der Waals surface area (Å²) in [6.07, 6.45) is 0. The average molecular weight is 264 g/mol. The molecule has 1 rings (SSSR count). The molecule has 0 saturated carbocycles. The first-order valence-corrected chi connectivity index (χ1v) is 4.41. The molecule has 0 radical (unpaired) electrons. The molecule has 0 heterocycles. The zero-order chi connectivity index (χ0) is 10.9. The second-order valence-corrected chi connectivity index (χ2v) is 3.40. The monoisotopic (exact) mass is 263 g/mol. The van der Waals surface area contributed by atoms with Crippen LogP contribution >= 0.6 is 15.9 Å². The van der Waals surface area contributed by atoms with Gasteiger partial charge < -0.3 is 15.9 Å². The minimum atomic E-state index is -1.02. The Kier molecular flexibility index (Phi) is 3.07. The molecule has 14 heavy (non-hydrogen) atoms. The van der Waals surface area contributed by atoms with E-state index in [0.717, 1.165) is 6.07 Å². The predicted octanol–water partition coefficient (Wildman–Crippen LogP) is 1.14. The van der Waals surface area contributed by atoms with Crippen molar-refractivity contribution in [2.45, 2.75) is 0 Å². The van der Waals surface area contributed by atoms with Crippen LogP contribution in [0, 0.1) is 5.82 Å². The van der Waals surface area contributed by atoms with E-state index in [2.05, 4.69) is 15.9 Å². The van der Waals surface area contributed by atoms with E-state index in [-0.39, 0.29) is 16.6 Å². The molecule has 0 fully saturated rings. The number of halogens is 2. The van der Waals surface area contributed by atoms with Crippen LogP contribution in [0.15, 0.2) is 10.5 Å². The first kappa shape index (κ1) is 10.9. The van der Waals surface area contributed by atoms with E-state index < -0.39 is 23.1 Å². The van der Waals surface area contributed by atoms with E-state index >= 15 is 0 Å². The normalized spacial score (nSPS) is 10.2. The Labute approximate surface area is 87.3 Å². The number of ketones is 1. The van der Waals surface area contributed by atoms with Gasteiger partial charge >= 0.3 is 0 Å². The summed E-state index contributed by atoms with van der Waals surface area (Å²) in [4.78, 5) is 11.1. The lowest BCUT2D eigenvalue weighted by Gasteiger charge is -2.06. The van der Waals surface area contributed by atoms with Gasteiger partial charge in [0.2, 0.25) is 0 Å². The Morgan fingerprint density at radius 3 is 2.57 bits per heavy atom. The van der Waals surface area contributed by atoms with Gasteiger partial charge in [0, 0.05) is 0 Å². The highest BCUT2D eigenvalue weighted by molar-refractivity contribution is 9.10. The van der Waals surface area contributed by atoms with Crippen molar-refractivity contribution in [1.29, 1.82) is 0 Å². The number of benzene rings is 1. The summed E-state index contributed by atoms with van der Waals surface area (Å²) >= 11 is 2.79. The fraction of sp³-hybridized carbons (Fsp3) is 0.125. The molecule has 0 amide bonds. The van der Waals surface area contributed by atoms with E-state index in [1.807, 2.05) is 0 Å². The maximum Gasteiger partial charge on any atom is 0.196 e. The molecular weight excluding hydrogens is 257 g/mol. The highest BCUT2D eigenvalue weighted by Gasteiger charge is 2.19. The second kappa shape index (κ2) is 3.93. The van der Waals surface area contributed by atoms with Gasteiger partial charge in [0.15, 0.2) is 23.1 Å². The summed E-state index contributed by atoms with van der Waals surface area (Å²) in [6, 6.07) is 1.07. The van der Waals surface area contributed by atoms with Crippen molar-refractivity contribution < 1.29 is 19.4 Å². The van der Waals surface area contributed by atoms with Crippen molar-refractivity contribution in [2.24, 2.45) is 5.73 Å². The Bertz CT molecular complexity index is 395. The molecule has 4 nitrogen and oxygen atoms in total. The fourth-order valence-electron chi connectivity index (χ4n) is 0.926. The maximum atomic E-state index is 12.9. The molecule has 0 atom stereocenters. The van der Waals surface area contributed by atoms with Crippen LogP contribution in [0.1, 0.15) is 10.4 Å². The Morgan fingerprint density at radius 2 is 2.07 bits per heavy atom. The molecule has 0 bridgehead atoms. The Morgan fingerprint density at radius 1 is 1.50 bits per heavy atom. The first-order valence-electron chi connectivity index (χ1n) is 3.62. The molecule has 0 spiro atoms. The summed E-state index contributed by atoms with van der Waals surface area (Å²) in [7, 11) is 0. The van der Waals surface area contributed by atoms with Crippen LogP contribution in [0.2, 0.25) is 0 Å². The van der Waals surface area contributed by atoms with Crippen LogP contribution in [0.25, 0.3) is 0 Å². The number of phenols is 2. The van der Waals surface area contributed by atoms with Gasteiger partial charge in [0.1, 0.15) is 0 Å². The topological polar surface area (TPSA) is 83.6 Å². The number of phenolic OH excluding ortho intramolecular Hbond substituents is 2. The quantitative estimate of drug-likeness (QED) is 0.552. The molecule has 0 aliphatic carbocycles. The largest absolute Gasteiger partial charge is 0.504 e.